The van der Waals surface area contributed by atoms with Gasteiger partial charge in [-0.3, -0.25) is 14.4 Å². The summed E-state index contributed by atoms with van der Waals surface area (Å²) in [5.41, 5.74) is 1.17. The Morgan fingerprint density at radius 3 is 2.29 bits per heavy atom. The maximum atomic E-state index is 13.9. The molecule has 6 heteroatoms. The molecule has 0 heterocycles. The highest BCUT2D eigenvalue weighted by molar-refractivity contribution is 6.24. The molecule has 3 aliphatic carbocycles. The zero-order chi connectivity index (χ0) is 25.4. The number of hydrogen-bond donors (Lipinski definition) is 3. The smallest absolute Gasteiger partial charge is 0.196 e. The monoisotopic (exact) mass is 472 g/mol. The van der Waals surface area contributed by atoms with Crippen LogP contribution in [0.2, 0.25) is 0 Å². The lowest BCUT2D eigenvalue weighted by atomic mass is 9.50. The van der Waals surface area contributed by atoms with E-state index >= 15 is 0 Å². The zero-order valence-corrected chi connectivity index (χ0v) is 20.2. The first-order valence-electron chi connectivity index (χ1n) is 11.8. The summed E-state index contributed by atoms with van der Waals surface area (Å²) in [4.78, 5) is 39.4. The Balaban J connectivity index is 1.73. The van der Waals surface area contributed by atoms with Gasteiger partial charge in [-0.25, -0.2) is 0 Å². The number of allylic oxidation sites excluding steroid dienone is 4. The van der Waals surface area contributed by atoms with E-state index in [1.165, 1.54) is 13.0 Å². The predicted octanol–water partition coefficient (Wildman–Crippen LogP) is 5.32. The molecule has 0 bridgehead atoms. The van der Waals surface area contributed by atoms with Crippen LogP contribution in [0.5, 0.6) is 5.75 Å². The predicted molar refractivity (Wildman–Crippen MR) is 130 cm³/mol. The molecule has 0 aromatic heterocycles. The Morgan fingerprint density at radius 2 is 1.66 bits per heavy atom. The molecule has 2 aromatic rings. The number of phenols is 1. The number of ketones is 3. The molecule has 2 aromatic carbocycles. The molecule has 180 valence electrons. The van der Waals surface area contributed by atoms with E-state index in [0.29, 0.717) is 18.4 Å². The third-order valence-electron chi connectivity index (χ3n) is 8.30. The van der Waals surface area contributed by atoms with Crippen LogP contribution >= 0.6 is 0 Å². The van der Waals surface area contributed by atoms with Crippen molar-refractivity contribution in [2.75, 3.05) is 0 Å². The summed E-state index contributed by atoms with van der Waals surface area (Å²) in [6, 6.07) is 11.2. The Morgan fingerprint density at radius 1 is 1.00 bits per heavy atom. The number of carbonyl (C=O) groups is 3. The Kier molecular flexibility index (Phi) is 4.89. The molecule has 5 rings (SSSR count). The average Bonchev–Trinajstić information content (AvgIpc) is 2.77. The van der Waals surface area contributed by atoms with Crippen molar-refractivity contribution in [2.24, 2.45) is 16.7 Å². The quantitative estimate of drug-likeness (QED) is 0.510. The fraction of sp³-hybridized carbons (Fsp3) is 0.345. The minimum atomic E-state index is -1.50. The van der Waals surface area contributed by atoms with Crippen LogP contribution in [-0.2, 0) is 16.0 Å². The van der Waals surface area contributed by atoms with Crippen molar-refractivity contribution in [3.63, 3.8) is 0 Å². The molecule has 0 amide bonds. The Bertz CT molecular complexity index is 1390. The van der Waals surface area contributed by atoms with Gasteiger partial charge in [-0.1, -0.05) is 42.8 Å². The highest BCUT2D eigenvalue weighted by atomic mass is 16.3. The number of hydrogen-bond acceptors (Lipinski definition) is 6. The number of aromatic hydroxyl groups is 1. The minimum Gasteiger partial charge on any atom is -0.511 e. The summed E-state index contributed by atoms with van der Waals surface area (Å²) in [5.74, 6) is -3.02. The highest BCUT2D eigenvalue weighted by Crippen LogP contribution is 2.60. The van der Waals surface area contributed by atoms with Crippen LogP contribution in [-0.4, -0.2) is 32.7 Å². The van der Waals surface area contributed by atoms with E-state index in [1.54, 1.807) is 13.0 Å². The van der Waals surface area contributed by atoms with Crippen LogP contribution in [0.25, 0.3) is 11.1 Å². The van der Waals surface area contributed by atoms with Crippen molar-refractivity contribution in [3.05, 3.63) is 75.8 Å². The molecule has 0 saturated carbocycles. The van der Waals surface area contributed by atoms with Crippen LogP contribution in [0.15, 0.2) is 59.1 Å². The molecule has 3 atom stereocenters. The minimum absolute atomic E-state index is 0.0655. The van der Waals surface area contributed by atoms with Gasteiger partial charge in [0.2, 0.25) is 0 Å². The molecule has 0 saturated heterocycles. The zero-order valence-electron chi connectivity index (χ0n) is 20.2. The lowest BCUT2D eigenvalue weighted by Crippen LogP contribution is -2.52. The molecule has 0 fully saturated rings. The van der Waals surface area contributed by atoms with Gasteiger partial charge in [0, 0.05) is 17.4 Å². The molecule has 6 nitrogen and oxygen atoms in total. The fourth-order valence-corrected chi connectivity index (χ4v) is 6.38. The summed E-state index contributed by atoms with van der Waals surface area (Å²) in [7, 11) is 0. The summed E-state index contributed by atoms with van der Waals surface area (Å²) < 4.78 is 0. The number of aryl methyl sites for hydroxylation is 1. The van der Waals surface area contributed by atoms with E-state index in [-0.39, 0.29) is 40.4 Å². The van der Waals surface area contributed by atoms with Crippen LogP contribution in [0.4, 0.5) is 0 Å². The molecule has 0 unspecified atom stereocenters. The first-order chi connectivity index (χ1) is 16.4. The van der Waals surface area contributed by atoms with Gasteiger partial charge in [-0.15, -0.1) is 0 Å². The van der Waals surface area contributed by atoms with Crippen molar-refractivity contribution in [1.29, 1.82) is 0 Å². The van der Waals surface area contributed by atoms with Crippen LogP contribution in [0.3, 0.4) is 0 Å². The van der Waals surface area contributed by atoms with E-state index < -0.39 is 34.1 Å². The molecule has 3 aliphatic rings. The van der Waals surface area contributed by atoms with Crippen molar-refractivity contribution in [1.82, 2.24) is 0 Å². The maximum absolute atomic E-state index is 13.9. The molecule has 0 spiro atoms. The Hall–Kier alpha value is -3.67. The van der Waals surface area contributed by atoms with Crippen LogP contribution in [0, 0.1) is 23.7 Å². The third-order valence-corrected chi connectivity index (χ3v) is 8.30. The van der Waals surface area contributed by atoms with E-state index in [9.17, 15) is 29.7 Å². The molecular weight excluding hydrogens is 444 g/mol. The second kappa shape index (κ2) is 7.41. The van der Waals surface area contributed by atoms with Crippen LogP contribution < -0.4 is 0 Å². The number of aliphatic hydroxyl groups excluding tert-OH is 2. The summed E-state index contributed by atoms with van der Waals surface area (Å²) in [6.07, 6.45) is 0.796. The van der Waals surface area contributed by atoms with Gasteiger partial charge < -0.3 is 15.3 Å². The first-order valence-corrected chi connectivity index (χ1v) is 11.8. The summed E-state index contributed by atoms with van der Waals surface area (Å²) >= 11 is 0. The van der Waals surface area contributed by atoms with Gasteiger partial charge in [0.15, 0.2) is 17.3 Å². The molecule has 3 N–H and O–H groups in total. The number of rotatable bonds is 2. The molecule has 0 aliphatic heterocycles. The average molecular weight is 473 g/mol. The van der Waals surface area contributed by atoms with E-state index in [2.05, 4.69) is 0 Å². The first kappa shape index (κ1) is 23.1. The second-order valence-corrected chi connectivity index (χ2v) is 10.7. The summed E-state index contributed by atoms with van der Waals surface area (Å²) in [5, 5.41) is 32.8. The van der Waals surface area contributed by atoms with Crippen molar-refractivity contribution < 1.29 is 29.7 Å². The van der Waals surface area contributed by atoms with Crippen molar-refractivity contribution in [3.8, 4) is 16.9 Å². The topological polar surface area (TPSA) is 112 Å². The largest absolute Gasteiger partial charge is 0.511 e. The van der Waals surface area contributed by atoms with Crippen molar-refractivity contribution >= 4 is 17.3 Å². The fourth-order valence-electron chi connectivity index (χ4n) is 6.38. The third kappa shape index (κ3) is 3.05. The molecule has 0 radical (unpaired) electrons. The standard InChI is InChI=1S/C29H28O6/c1-14-5-7-16(8-6-14)18-9-10-20(31)23-19(18)13-28(3)12-17-11-21(32)22(15(2)30)26(34)29(17,4)27(35)24(28)25(23)33/h5-10,17,31-32,35H,11-13H2,1-4H3/t17-,28-,29+/m1/s1. The van der Waals surface area contributed by atoms with Gasteiger partial charge in [0.1, 0.15) is 17.3 Å². The van der Waals surface area contributed by atoms with Gasteiger partial charge in [0.05, 0.1) is 16.6 Å². The van der Waals surface area contributed by atoms with E-state index in [0.717, 1.165) is 16.7 Å². The Labute approximate surface area is 203 Å². The van der Waals surface area contributed by atoms with Crippen LogP contribution in [0.1, 0.15) is 55.1 Å². The normalized spacial score (nSPS) is 27.9. The number of carbonyl (C=O) groups excluding carboxylic acids is 3. The lowest BCUT2D eigenvalue weighted by molar-refractivity contribution is -0.132. The number of Topliss-reactive ketones (excluding diaryl/α,β-unsaturated/α-hetero) is 3. The SMILES string of the molecule is CC(=O)C1=C(O)C[C@@H]2C[C@]3(C)Cc4c(-c5ccc(C)cc5)ccc(O)c4C(=O)C3=C(O)[C@]2(C)C1=O. The number of benzene rings is 2. The van der Waals surface area contributed by atoms with Gasteiger partial charge in [0.25, 0.3) is 0 Å². The molecule has 35 heavy (non-hydrogen) atoms. The number of aliphatic hydroxyl groups is 2. The molecular formula is C29H28O6. The maximum Gasteiger partial charge on any atom is 0.196 e. The van der Waals surface area contributed by atoms with Crippen molar-refractivity contribution in [2.45, 2.75) is 47.0 Å². The highest BCUT2D eigenvalue weighted by Gasteiger charge is 2.60. The van der Waals surface area contributed by atoms with E-state index in [1.807, 2.05) is 38.1 Å². The van der Waals surface area contributed by atoms with Gasteiger partial charge in [-0.2, -0.15) is 0 Å². The second-order valence-electron chi connectivity index (χ2n) is 10.7. The number of fused-ring (bicyclic) bond motifs is 3. The van der Waals surface area contributed by atoms with Gasteiger partial charge >= 0.3 is 0 Å². The summed E-state index contributed by atoms with van der Waals surface area (Å²) in [6.45, 7) is 6.62. The number of phenolic OH excluding ortho intramolecular Hbond substituents is 1. The van der Waals surface area contributed by atoms with E-state index in [4.69, 9.17) is 0 Å². The lowest BCUT2D eigenvalue weighted by Gasteiger charge is -2.51. The van der Waals surface area contributed by atoms with Gasteiger partial charge in [-0.05, 0) is 62.3 Å².